The lowest BCUT2D eigenvalue weighted by molar-refractivity contribution is -0.125. The predicted molar refractivity (Wildman–Crippen MR) is 130 cm³/mol. The van der Waals surface area contributed by atoms with Crippen LogP contribution in [0.4, 0.5) is 11.4 Å². The average molecular weight is 491 g/mol. The van der Waals surface area contributed by atoms with Crippen molar-refractivity contribution in [2.75, 3.05) is 22.1 Å². The maximum atomic E-state index is 13.1. The molecule has 1 heterocycles. The van der Waals surface area contributed by atoms with E-state index in [1.807, 2.05) is 67.6 Å². The Bertz CT molecular complexity index is 1190. The molecule has 0 aliphatic carbocycles. The van der Waals surface area contributed by atoms with Crippen LogP contribution in [0.1, 0.15) is 27.9 Å². The summed E-state index contributed by atoms with van der Waals surface area (Å²) in [5.41, 5.74) is 6.09. The van der Waals surface area contributed by atoms with E-state index < -0.39 is 0 Å². The number of aryl methyl sites for hydroxylation is 1. The van der Waals surface area contributed by atoms with Gasteiger partial charge in [-0.1, -0.05) is 64.0 Å². The van der Waals surface area contributed by atoms with Crippen molar-refractivity contribution in [1.29, 1.82) is 0 Å². The van der Waals surface area contributed by atoms with E-state index in [9.17, 15) is 14.4 Å². The van der Waals surface area contributed by atoms with E-state index in [0.717, 1.165) is 27.9 Å². The lowest BCUT2D eigenvalue weighted by Crippen LogP contribution is -2.30. The monoisotopic (exact) mass is 490 g/mol. The Kier molecular flexibility index (Phi) is 6.51. The second kappa shape index (κ2) is 9.49. The largest absolute Gasteiger partial charge is 0.322 e. The zero-order valence-electron chi connectivity index (χ0n) is 17.7. The van der Waals surface area contributed by atoms with Gasteiger partial charge in [-0.25, -0.2) is 0 Å². The van der Waals surface area contributed by atoms with Crippen molar-refractivity contribution in [2.45, 2.75) is 19.8 Å². The van der Waals surface area contributed by atoms with E-state index in [4.69, 9.17) is 0 Å². The van der Waals surface area contributed by atoms with Crippen molar-refractivity contribution in [1.82, 2.24) is 0 Å². The number of carbonyl (C=O) groups excluding carboxylic acids is 3. The maximum Gasteiger partial charge on any atom is 0.256 e. The number of carbonyl (C=O) groups is 3. The smallest absolute Gasteiger partial charge is 0.256 e. The predicted octanol–water partition coefficient (Wildman–Crippen LogP) is 5.16. The Hall–Kier alpha value is -3.25. The molecule has 0 bridgehead atoms. The molecule has 0 radical (unpaired) electrons. The van der Waals surface area contributed by atoms with Crippen LogP contribution in [0.25, 0.3) is 11.1 Å². The van der Waals surface area contributed by atoms with Crippen LogP contribution >= 0.6 is 15.9 Å². The third-order valence-electron chi connectivity index (χ3n) is 5.57. The highest BCUT2D eigenvalue weighted by atomic mass is 79.9. The average Bonchev–Trinajstić information content (AvgIpc) is 3.23. The molecule has 0 atom stereocenters. The summed E-state index contributed by atoms with van der Waals surface area (Å²) in [5, 5.41) is 3.17. The zero-order valence-corrected chi connectivity index (χ0v) is 19.3. The number of nitrogens with one attached hydrogen (secondary N) is 1. The minimum Gasteiger partial charge on any atom is -0.322 e. The van der Waals surface area contributed by atoms with E-state index in [-0.39, 0.29) is 29.3 Å². The summed E-state index contributed by atoms with van der Waals surface area (Å²) >= 11 is 3.10. The topological polar surface area (TPSA) is 66.5 Å². The van der Waals surface area contributed by atoms with Gasteiger partial charge in [0.25, 0.3) is 5.91 Å². The Labute approximate surface area is 195 Å². The number of alkyl halides is 1. The summed E-state index contributed by atoms with van der Waals surface area (Å²) in [6.45, 7) is 2.57. The molecule has 0 saturated carbocycles. The van der Waals surface area contributed by atoms with Crippen LogP contribution in [0.3, 0.4) is 0 Å². The minimum atomic E-state index is -0.197. The summed E-state index contributed by atoms with van der Waals surface area (Å²) in [6.07, 6.45) is 0.576. The van der Waals surface area contributed by atoms with Crippen LogP contribution < -0.4 is 10.2 Å². The number of nitrogens with zero attached hydrogens (tertiary/aromatic N) is 1. The van der Waals surface area contributed by atoms with Crippen LogP contribution in [0.2, 0.25) is 0 Å². The highest BCUT2D eigenvalue weighted by molar-refractivity contribution is 9.09. The number of rotatable bonds is 6. The van der Waals surface area contributed by atoms with Crippen LogP contribution in [0.5, 0.6) is 0 Å². The van der Waals surface area contributed by atoms with E-state index in [1.165, 1.54) is 0 Å². The molecule has 3 aromatic rings. The number of amides is 2. The molecule has 1 N–H and O–H groups in total. The number of benzene rings is 3. The molecule has 2 amide bonds. The van der Waals surface area contributed by atoms with E-state index in [1.54, 1.807) is 11.0 Å². The molecule has 0 spiro atoms. The Morgan fingerprint density at radius 3 is 2.50 bits per heavy atom. The Morgan fingerprint density at radius 2 is 1.75 bits per heavy atom. The molecule has 1 aliphatic heterocycles. The number of ketones is 1. The molecule has 0 unspecified atom stereocenters. The lowest BCUT2D eigenvalue weighted by atomic mass is 9.98. The van der Waals surface area contributed by atoms with Gasteiger partial charge >= 0.3 is 0 Å². The number of anilines is 2. The van der Waals surface area contributed by atoms with Gasteiger partial charge in [0.05, 0.1) is 11.8 Å². The fourth-order valence-corrected chi connectivity index (χ4v) is 4.11. The van der Waals surface area contributed by atoms with Crippen LogP contribution in [0.15, 0.2) is 66.7 Å². The fraction of sp³-hybridized carbons (Fsp3) is 0.192. The molecule has 4 rings (SSSR count). The lowest BCUT2D eigenvalue weighted by Gasteiger charge is -2.17. The Balaban J connectivity index is 1.53. The quantitative estimate of drug-likeness (QED) is 0.383. The van der Waals surface area contributed by atoms with Crippen molar-refractivity contribution < 1.29 is 14.4 Å². The molecule has 5 nitrogen and oxygen atoms in total. The molecule has 1 aliphatic rings. The number of Topliss-reactive ketones (excluding diaryl/α,β-unsaturated/α-hetero) is 1. The standard InChI is InChI=1S/C26H23BrN2O3/c1-17-6-8-18(9-7-17)22-4-2-3-5-23(22)26(32)28-20-10-11-24-19(14-20)12-13-29(24)25(31)15-21(30)16-27/h2-11,14H,12-13,15-16H2,1H3,(H,28,32). The van der Waals surface area contributed by atoms with Crippen molar-refractivity contribution in [3.63, 3.8) is 0 Å². The van der Waals surface area contributed by atoms with Gasteiger partial charge in [-0.3, -0.25) is 14.4 Å². The number of hydrogen-bond acceptors (Lipinski definition) is 3. The first-order valence-electron chi connectivity index (χ1n) is 10.4. The van der Waals surface area contributed by atoms with E-state index in [2.05, 4.69) is 21.2 Å². The maximum absolute atomic E-state index is 13.1. The molecule has 162 valence electrons. The zero-order chi connectivity index (χ0) is 22.7. The molecular formula is C26H23BrN2O3. The van der Waals surface area contributed by atoms with Crippen LogP contribution in [0, 0.1) is 6.92 Å². The highest BCUT2D eigenvalue weighted by Gasteiger charge is 2.26. The van der Waals surface area contributed by atoms with Gasteiger partial charge in [-0.2, -0.15) is 0 Å². The normalized spacial score (nSPS) is 12.4. The first-order valence-corrected chi connectivity index (χ1v) is 11.6. The van der Waals surface area contributed by atoms with Crippen LogP contribution in [-0.4, -0.2) is 29.5 Å². The van der Waals surface area contributed by atoms with Crippen molar-refractivity contribution in [3.05, 3.63) is 83.4 Å². The SMILES string of the molecule is Cc1ccc(-c2ccccc2C(=O)Nc2ccc3c(c2)CCN3C(=O)CC(=O)CBr)cc1. The van der Waals surface area contributed by atoms with E-state index in [0.29, 0.717) is 24.2 Å². The molecule has 6 heteroatoms. The Morgan fingerprint density at radius 1 is 1.00 bits per heavy atom. The van der Waals surface area contributed by atoms with Crippen molar-refractivity contribution in [3.8, 4) is 11.1 Å². The van der Waals surface area contributed by atoms with Gasteiger partial charge in [0.1, 0.15) is 0 Å². The summed E-state index contributed by atoms with van der Waals surface area (Å²) in [4.78, 5) is 38.8. The highest BCUT2D eigenvalue weighted by Crippen LogP contribution is 2.32. The van der Waals surface area contributed by atoms with Gasteiger partial charge in [0.2, 0.25) is 5.91 Å². The third kappa shape index (κ3) is 4.65. The van der Waals surface area contributed by atoms with Gasteiger partial charge in [0, 0.05) is 23.5 Å². The molecule has 0 saturated heterocycles. The van der Waals surface area contributed by atoms with Crippen molar-refractivity contribution in [2.24, 2.45) is 0 Å². The molecule has 3 aromatic carbocycles. The second-order valence-electron chi connectivity index (χ2n) is 7.85. The van der Waals surface area contributed by atoms with Crippen molar-refractivity contribution >= 4 is 44.9 Å². The molecule has 0 fully saturated rings. The first kappa shape index (κ1) is 22.0. The number of fused-ring (bicyclic) bond motifs is 1. The van der Waals surface area contributed by atoms with Gasteiger partial charge in [-0.05, 0) is 54.3 Å². The van der Waals surface area contributed by atoms with Crippen LogP contribution in [-0.2, 0) is 16.0 Å². The summed E-state index contributed by atoms with van der Waals surface area (Å²) < 4.78 is 0. The third-order valence-corrected chi connectivity index (χ3v) is 6.19. The van der Waals surface area contributed by atoms with E-state index >= 15 is 0 Å². The van der Waals surface area contributed by atoms with Gasteiger partial charge < -0.3 is 10.2 Å². The molecule has 0 aromatic heterocycles. The summed E-state index contributed by atoms with van der Waals surface area (Å²) in [7, 11) is 0. The number of halogens is 1. The minimum absolute atomic E-state index is 0.112. The number of hydrogen-bond donors (Lipinski definition) is 1. The summed E-state index contributed by atoms with van der Waals surface area (Å²) in [6, 6.07) is 21.2. The molecule has 32 heavy (non-hydrogen) atoms. The molecular weight excluding hydrogens is 468 g/mol. The van der Waals surface area contributed by atoms with Gasteiger partial charge in [0.15, 0.2) is 5.78 Å². The second-order valence-corrected chi connectivity index (χ2v) is 8.41. The summed E-state index contributed by atoms with van der Waals surface area (Å²) in [5.74, 6) is -0.522. The van der Waals surface area contributed by atoms with Gasteiger partial charge in [-0.15, -0.1) is 0 Å². The fourth-order valence-electron chi connectivity index (χ4n) is 3.91. The first-order chi connectivity index (χ1) is 15.5.